The van der Waals surface area contributed by atoms with Crippen molar-refractivity contribution in [2.45, 2.75) is 13.0 Å². The zero-order chi connectivity index (χ0) is 19.4. The average Bonchev–Trinajstić information content (AvgIpc) is 3.03. The molecule has 2 aromatic rings. The Labute approximate surface area is 153 Å². The summed E-state index contributed by atoms with van der Waals surface area (Å²) in [5.41, 5.74) is 0.427. The van der Waals surface area contributed by atoms with Crippen molar-refractivity contribution in [2.75, 3.05) is 18.0 Å². The summed E-state index contributed by atoms with van der Waals surface area (Å²) in [5.74, 6) is -1.62. The van der Waals surface area contributed by atoms with E-state index in [1.54, 1.807) is 0 Å². The molecule has 3 rings (SSSR count). The molecule has 0 saturated carbocycles. The van der Waals surface area contributed by atoms with Crippen LogP contribution in [0.15, 0.2) is 36.9 Å². The Morgan fingerprint density at radius 1 is 1.41 bits per heavy atom. The second-order valence-electron chi connectivity index (χ2n) is 5.88. The Hall–Kier alpha value is -3.36. The van der Waals surface area contributed by atoms with E-state index in [-0.39, 0.29) is 35.8 Å². The maximum atomic E-state index is 14.4. The topological polar surface area (TPSA) is 84.4 Å². The third-order valence-corrected chi connectivity index (χ3v) is 3.87. The highest BCUT2D eigenvalue weighted by Gasteiger charge is 2.32. The zero-order valence-electron chi connectivity index (χ0n) is 14.4. The zero-order valence-corrected chi connectivity index (χ0v) is 14.4. The third kappa shape index (κ3) is 4.43. The minimum absolute atomic E-state index is 0.0162. The Kier molecular flexibility index (Phi) is 5.39. The van der Waals surface area contributed by atoms with Gasteiger partial charge in [0.25, 0.3) is 0 Å². The van der Waals surface area contributed by atoms with Gasteiger partial charge in [-0.15, -0.1) is 0 Å². The molecule has 0 spiro atoms. The number of nitrogens with zero attached hydrogens (tertiary/aromatic N) is 3. The van der Waals surface area contributed by atoms with Crippen molar-refractivity contribution in [2.24, 2.45) is 0 Å². The first kappa shape index (κ1) is 18.4. The van der Waals surface area contributed by atoms with Gasteiger partial charge in [0.05, 0.1) is 18.8 Å². The van der Waals surface area contributed by atoms with Crippen LogP contribution >= 0.6 is 0 Å². The van der Waals surface area contributed by atoms with Gasteiger partial charge in [-0.05, 0) is 24.3 Å². The number of nitrogens with one attached hydrogen (secondary N) is 1. The number of cyclic esters (lactones) is 1. The van der Waals surface area contributed by atoms with Crippen molar-refractivity contribution in [3.8, 4) is 0 Å². The van der Waals surface area contributed by atoms with Gasteiger partial charge < -0.3 is 10.1 Å². The predicted molar refractivity (Wildman–Crippen MR) is 93.7 cm³/mol. The maximum absolute atomic E-state index is 14.4. The van der Waals surface area contributed by atoms with E-state index in [1.807, 2.05) is 0 Å². The number of hydrogen-bond acceptors (Lipinski definition) is 5. The average molecular weight is 374 g/mol. The van der Waals surface area contributed by atoms with Gasteiger partial charge in [0.1, 0.15) is 24.1 Å². The quantitative estimate of drug-likeness (QED) is 0.870. The SMILES string of the molecule is CC(=O)NC[C@H]1CN(c2ccc(/C=C(\F)c3cncnc3)c(F)c2)C(=O)O1. The van der Waals surface area contributed by atoms with Crippen LogP contribution in [0.3, 0.4) is 0 Å². The standard InChI is InChI=1S/C18H16F2N4O3/c1-11(25)23-8-15-9-24(18(26)27-15)14-3-2-12(17(20)5-14)4-16(19)13-6-21-10-22-7-13/h2-7,10,15H,8-9H2,1H3,(H,23,25)/b16-4-/t15-/m0/s1. The van der Waals surface area contributed by atoms with E-state index < -0.39 is 23.8 Å². The smallest absolute Gasteiger partial charge is 0.414 e. The van der Waals surface area contributed by atoms with Crippen molar-refractivity contribution < 1.29 is 23.1 Å². The van der Waals surface area contributed by atoms with Gasteiger partial charge in [-0.25, -0.2) is 23.5 Å². The molecule has 1 aliphatic rings. The second kappa shape index (κ2) is 7.90. The molecule has 1 fully saturated rings. The fraction of sp³-hybridized carbons (Fsp3) is 0.222. The van der Waals surface area contributed by atoms with E-state index in [2.05, 4.69) is 15.3 Å². The van der Waals surface area contributed by atoms with Crippen LogP contribution < -0.4 is 10.2 Å². The number of rotatable bonds is 5. The number of halogens is 2. The Bertz CT molecular complexity index is 889. The van der Waals surface area contributed by atoms with Crippen molar-refractivity contribution in [1.29, 1.82) is 0 Å². The number of amides is 2. The number of hydrogen-bond donors (Lipinski definition) is 1. The van der Waals surface area contributed by atoms with Crippen LogP contribution in [-0.4, -0.2) is 41.2 Å². The van der Waals surface area contributed by atoms with Gasteiger partial charge in [-0.3, -0.25) is 9.69 Å². The molecular weight excluding hydrogens is 358 g/mol. The summed E-state index contributed by atoms with van der Waals surface area (Å²) < 4.78 is 33.7. The largest absolute Gasteiger partial charge is 0.442 e. The highest BCUT2D eigenvalue weighted by Crippen LogP contribution is 2.26. The van der Waals surface area contributed by atoms with Gasteiger partial charge in [0.15, 0.2) is 0 Å². The first-order chi connectivity index (χ1) is 12.9. The number of benzene rings is 1. The molecule has 0 radical (unpaired) electrons. The summed E-state index contributed by atoms with van der Waals surface area (Å²) in [7, 11) is 0. The van der Waals surface area contributed by atoms with Crippen LogP contribution in [0.2, 0.25) is 0 Å². The maximum Gasteiger partial charge on any atom is 0.414 e. The molecule has 7 nitrogen and oxygen atoms in total. The summed E-state index contributed by atoms with van der Waals surface area (Å²) in [5, 5.41) is 2.56. The number of carbonyl (C=O) groups excluding carboxylic acids is 2. The Morgan fingerprint density at radius 3 is 2.81 bits per heavy atom. The highest BCUT2D eigenvalue weighted by atomic mass is 19.1. The van der Waals surface area contributed by atoms with E-state index in [0.29, 0.717) is 0 Å². The monoisotopic (exact) mass is 374 g/mol. The van der Waals surface area contributed by atoms with Crippen molar-refractivity contribution in [1.82, 2.24) is 15.3 Å². The third-order valence-electron chi connectivity index (χ3n) is 3.87. The van der Waals surface area contributed by atoms with Crippen LogP contribution in [0, 0.1) is 5.82 Å². The number of aromatic nitrogens is 2. The lowest BCUT2D eigenvalue weighted by molar-refractivity contribution is -0.119. The Morgan fingerprint density at radius 2 is 2.15 bits per heavy atom. The molecule has 1 aromatic heterocycles. The van der Waals surface area contributed by atoms with Crippen LogP contribution in [0.4, 0.5) is 19.3 Å². The minimum atomic E-state index is -0.697. The molecule has 140 valence electrons. The number of anilines is 1. The molecule has 27 heavy (non-hydrogen) atoms. The van der Waals surface area contributed by atoms with E-state index in [4.69, 9.17) is 4.74 Å². The first-order valence-electron chi connectivity index (χ1n) is 8.09. The lowest BCUT2D eigenvalue weighted by Gasteiger charge is -2.14. The molecule has 2 heterocycles. The van der Waals surface area contributed by atoms with E-state index in [0.717, 1.165) is 12.1 Å². The normalized spacial score (nSPS) is 17.0. The summed E-state index contributed by atoms with van der Waals surface area (Å²) in [6.45, 7) is 1.70. The van der Waals surface area contributed by atoms with Gasteiger partial charge in [-0.1, -0.05) is 0 Å². The van der Waals surface area contributed by atoms with E-state index in [1.165, 1.54) is 42.7 Å². The molecule has 0 aliphatic carbocycles. The van der Waals surface area contributed by atoms with Gasteiger partial charge in [0.2, 0.25) is 5.91 Å². The Balaban J connectivity index is 1.75. The molecule has 1 aliphatic heterocycles. The summed E-state index contributed by atoms with van der Waals surface area (Å²) in [6, 6.07) is 3.98. The molecule has 1 aromatic carbocycles. The van der Waals surface area contributed by atoms with E-state index in [9.17, 15) is 18.4 Å². The highest BCUT2D eigenvalue weighted by molar-refractivity contribution is 5.90. The molecule has 9 heteroatoms. The second-order valence-corrected chi connectivity index (χ2v) is 5.88. The van der Waals surface area contributed by atoms with Crippen molar-refractivity contribution >= 4 is 29.6 Å². The van der Waals surface area contributed by atoms with Crippen LogP contribution in [0.5, 0.6) is 0 Å². The molecular formula is C18H16F2N4O3. The van der Waals surface area contributed by atoms with Gasteiger partial charge in [0, 0.05) is 30.4 Å². The van der Waals surface area contributed by atoms with Gasteiger partial charge in [-0.2, -0.15) is 0 Å². The molecule has 0 bridgehead atoms. The lowest BCUT2D eigenvalue weighted by Crippen LogP contribution is -2.33. The van der Waals surface area contributed by atoms with Gasteiger partial charge >= 0.3 is 6.09 Å². The van der Waals surface area contributed by atoms with E-state index >= 15 is 0 Å². The van der Waals surface area contributed by atoms with Crippen molar-refractivity contribution in [3.63, 3.8) is 0 Å². The fourth-order valence-electron chi connectivity index (χ4n) is 2.54. The number of carbonyl (C=O) groups is 2. The fourth-order valence-corrected chi connectivity index (χ4v) is 2.54. The summed E-state index contributed by atoms with van der Waals surface area (Å²) in [4.78, 5) is 31.6. The molecule has 1 atom stereocenters. The lowest BCUT2D eigenvalue weighted by atomic mass is 10.1. The summed E-state index contributed by atoms with van der Waals surface area (Å²) >= 11 is 0. The summed E-state index contributed by atoms with van der Waals surface area (Å²) in [6.07, 6.45) is 3.68. The van der Waals surface area contributed by atoms with Crippen LogP contribution in [0.1, 0.15) is 18.1 Å². The molecule has 1 saturated heterocycles. The molecule has 1 N–H and O–H groups in total. The molecule has 2 amide bonds. The predicted octanol–water partition coefficient (Wildman–Crippen LogP) is 2.54. The first-order valence-corrected chi connectivity index (χ1v) is 8.09. The van der Waals surface area contributed by atoms with Crippen molar-refractivity contribution in [3.05, 3.63) is 53.9 Å². The molecule has 0 unspecified atom stereocenters. The van der Waals surface area contributed by atoms with Crippen LogP contribution in [0.25, 0.3) is 11.9 Å². The number of ether oxygens (including phenoxy) is 1. The minimum Gasteiger partial charge on any atom is -0.442 e. The van der Waals surface area contributed by atoms with Crippen LogP contribution in [-0.2, 0) is 9.53 Å².